The van der Waals surface area contributed by atoms with Gasteiger partial charge in [-0.25, -0.2) is 0 Å². The third kappa shape index (κ3) is 3.08. The summed E-state index contributed by atoms with van der Waals surface area (Å²) >= 11 is 1.96. The van der Waals surface area contributed by atoms with Gasteiger partial charge in [0.25, 0.3) is 0 Å². The van der Waals surface area contributed by atoms with E-state index in [-0.39, 0.29) is 4.93 Å². The molecule has 0 N–H and O–H groups in total. The lowest BCUT2D eigenvalue weighted by Gasteiger charge is -2.40. The molecule has 0 saturated carbocycles. The summed E-state index contributed by atoms with van der Waals surface area (Å²) in [4.78, 5) is 2.12. The predicted octanol–water partition coefficient (Wildman–Crippen LogP) is 3.33. The van der Waals surface area contributed by atoms with Crippen LogP contribution in [0.5, 0.6) is 0 Å². The molecule has 0 aromatic heterocycles. The molecule has 0 amide bonds. The van der Waals surface area contributed by atoms with E-state index in [4.69, 9.17) is 4.74 Å². The Hall–Kier alpha value is -0.510. The van der Waals surface area contributed by atoms with Crippen LogP contribution >= 0.6 is 11.8 Å². The molecule has 1 aliphatic rings. The van der Waals surface area contributed by atoms with E-state index in [1.807, 2.05) is 11.8 Å². The number of rotatable bonds is 4. The number of thioether (sulfide) groups is 1. The molecule has 1 aliphatic heterocycles. The monoisotopic (exact) mass is 265 g/mol. The van der Waals surface area contributed by atoms with Crippen LogP contribution in [0.15, 0.2) is 30.3 Å². The summed E-state index contributed by atoms with van der Waals surface area (Å²) in [7, 11) is 4.27. The van der Waals surface area contributed by atoms with Gasteiger partial charge in [0.05, 0.1) is 0 Å². The van der Waals surface area contributed by atoms with E-state index in [1.54, 1.807) is 0 Å². The van der Waals surface area contributed by atoms with Crippen molar-refractivity contribution in [2.45, 2.75) is 30.7 Å². The van der Waals surface area contributed by atoms with Crippen LogP contribution in [0.4, 0.5) is 0 Å². The second-order valence-electron chi connectivity index (χ2n) is 5.19. The van der Waals surface area contributed by atoms with E-state index in [9.17, 15) is 0 Å². The molecule has 1 saturated heterocycles. The normalized spacial score (nSPS) is 26.2. The fraction of sp³-hybridized carbons (Fsp3) is 0.600. The summed E-state index contributed by atoms with van der Waals surface area (Å²) in [6.45, 7) is 3.14. The maximum atomic E-state index is 6.21. The second-order valence-corrected chi connectivity index (χ2v) is 6.54. The van der Waals surface area contributed by atoms with Gasteiger partial charge in [-0.1, -0.05) is 30.3 Å². The van der Waals surface area contributed by atoms with E-state index in [2.05, 4.69) is 56.3 Å². The second kappa shape index (κ2) is 6.09. The number of hydrogen-bond acceptors (Lipinski definition) is 3. The van der Waals surface area contributed by atoms with Gasteiger partial charge in [-0.15, -0.1) is 11.8 Å². The topological polar surface area (TPSA) is 12.5 Å². The summed E-state index contributed by atoms with van der Waals surface area (Å²) < 4.78 is 6.21. The minimum atomic E-state index is -0.150. The fourth-order valence-corrected chi connectivity index (χ4v) is 3.66. The minimum absolute atomic E-state index is 0.150. The van der Waals surface area contributed by atoms with Crippen LogP contribution in [-0.2, 0) is 9.67 Å². The van der Waals surface area contributed by atoms with Crippen molar-refractivity contribution in [2.75, 3.05) is 26.5 Å². The van der Waals surface area contributed by atoms with Gasteiger partial charge >= 0.3 is 0 Å². The van der Waals surface area contributed by atoms with Crippen LogP contribution in [0.1, 0.15) is 25.3 Å². The van der Waals surface area contributed by atoms with E-state index in [0.29, 0.717) is 6.04 Å². The molecule has 100 valence electrons. The van der Waals surface area contributed by atoms with Crippen LogP contribution in [-0.4, -0.2) is 37.4 Å². The van der Waals surface area contributed by atoms with Gasteiger partial charge in [-0.05, 0) is 38.8 Å². The van der Waals surface area contributed by atoms with Crippen molar-refractivity contribution >= 4 is 11.8 Å². The standard InChI is InChI=1S/C15H23NOS/c1-13(16(2)3)12-15(17-10-7-11-18-15)14-8-5-4-6-9-14/h4-6,8-9,13H,7,10-12H2,1-3H3. The van der Waals surface area contributed by atoms with Gasteiger partial charge in [0.15, 0.2) is 0 Å². The zero-order valence-corrected chi connectivity index (χ0v) is 12.4. The maximum Gasteiger partial charge on any atom is 0.140 e. The molecule has 0 aliphatic carbocycles. The Morgan fingerprint density at radius 2 is 2.06 bits per heavy atom. The Bertz CT molecular complexity index is 360. The maximum absolute atomic E-state index is 6.21. The molecular formula is C15H23NOS. The van der Waals surface area contributed by atoms with Gasteiger partial charge in [0.1, 0.15) is 4.93 Å². The highest BCUT2D eigenvalue weighted by Crippen LogP contribution is 2.45. The lowest BCUT2D eigenvalue weighted by molar-refractivity contribution is -0.00330. The van der Waals surface area contributed by atoms with Crippen molar-refractivity contribution in [1.29, 1.82) is 0 Å². The first kappa shape index (κ1) is 13.9. The predicted molar refractivity (Wildman–Crippen MR) is 78.9 cm³/mol. The SMILES string of the molecule is CC(CC1(c2ccccc2)OCCCS1)N(C)C. The first-order chi connectivity index (χ1) is 8.64. The van der Waals surface area contributed by atoms with Gasteiger partial charge in [0.2, 0.25) is 0 Å². The van der Waals surface area contributed by atoms with E-state index >= 15 is 0 Å². The zero-order valence-electron chi connectivity index (χ0n) is 11.6. The lowest BCUT2D eigenvalue weighted by atomic mass is 10.0. The summed E-state index contributed by atoms with van der Waals surface area (Å²) in [6.07, 6.45) is 2.20. The Kier molecular flexibility index (Phi) is 4.71. The van der Waals surface area contributed by atoms with Crippen molar-refractivity contribution < 1.29 is 4.74 Å². The summed E-state index contributed by atoms with van der Waals surface area (Å²) in [5.74, 6) is 1.19. The van der Waals surface area contributed by atoms with Crippen LogP contribution < -0.4 is 0 Å². The molecule has 18 heavy (non-hydrogen) atoms. The molecule has 1 fully saturated rings. The fourth-order valence-electron chi connectivity index (χ4n) is 2.24. The van der Waals surface area contributed by atoms with E-state index in [0.717, 1.165) is 19.4 Å². The smallest absolute Gasteiger partial charge is 0.140 e. The third-order valence-corrected chi connectivity index (χ3v) is 5.10. The first-order valence-electron chi connectivity index (χ1n) is 6.64. The quantitative estimate of drug-likeness (QED) is 0.828. The lowest BCUT2D eigenvalue weighted by Crippen LogP contribution is -2.38. The highest BCUT2D eigenvalue weighted by Gasteiger charge is 2.37. The van der Waals surface area contributed by atoms with Crippen LogP contribution in [0, 0.1) is 0 Å². The van der Waals surface area contributed by atoms with Gasteiger partial charge in [-0.3, -0.25) is 0 Å². The van der Waals surface area contributed by atoms with Gasteiger partial charge in [0, 0.05) is 19.1 Å². The highest BCUT2D eigenvalue weighted by atomic mass is 32.2. The molecule has 1 heterocycles. The van der Waals surface area contributed by atoms with Gasteiger partial charge < -0.3 is 9.64 Å². The summed E-state index contributed by atoms with van der Waals surface area (Å²) in [5, 5.41) is 0. The molecule has 2 atom stereocenters. The molecule has 1 aromatic rings. The van der Waals surface area contributed by atoms with E-state index < -0.39 is 0 Å². The number of benzene rings is 1. The van der Waals surface area contributed by atoms with Crippen LogP contribution in [0.25, 0.3) is 0 Å². The van der Waals surface area contributed by atoms with Crippen molar-refractivity contribution in [2.24, 2.45) is 0 Å². The van der Waals surface area contributed by atoms with Crippen LogP contribution in [0.3, 0.4) is 0 Å². The molecule has 2 nitrogen and oxygen atoms in total. The molecule has 2 rings (SSSR count). The average Bonchev–Trinajstić information content (AvgIpc) is 2.40. The Labute approximate surface area is 115 Å². The average molecular weight is 265 g/mol. The van der Waals surface area contributed by atoms with Gasteiger partial charge in [-0.2, -0.15) is 0 Å². The van der Waals surface area contributed by atoms with Crippen molar-refractivity contribution in [3.63, 3.8) is 0 Å². The Morgan fingerprint density at radius 3 is 2.61 bits per heavy atom. The molecule has 0 spiro atoms. The Balaban J connectivity index is 2.23. The molecule has 3 heteroatoms. The largest absolute Gasteiger partial charge is 0.360 e. The minimum Gasteiger partial charge on any atom is -0.360 e. The molecule has 0 radical (unpaired) electrons. The van der Waals surface area contributed by atoms with Crippen molar-refractivity contribution in [3.8, 4) is 0 Å². The van der Waals surface area contributed by atoms with Crippen molar-refractivity contribution in [1.82, 2.24) is 4.90 Å². The number of hydrogen-bond donors (Lipinski definition) is 0. The highest BCUT2D eigenvalue weighted by molar-refractivity contribution is 8.00. The van der Waals surface area contributed by atoms with Crippen molar-refractivity contribution in [3.05, 3.63) is 35.9 Å². The van der Waals surface area contributed by atoms with E-state index in [1.165, 1.54) is 11.3 Å². The van der Waals surface area contributed by atoms with Crippen LogP contribution in [0.2, 0.25) is 0 Å². The summed E-state index contributed by atoms with van der Waals surface area (Å²) in [5.41, 5.74) is 1.31. The summed E-state index contributed by atoms with van der Waals surface area (Å²) in [6, 6.07) is 11.2. The first-order valence-corrected chi connectivity index (χ1v) is 7.62. The molecule has 2 unspecified atom stereocenters. The molecule has 0 bridgehead atoms. The third-order valence-electron chi connectivity index (χ3n) is 3.62. The molecular weight excluding hydrogens is 242 g/mol. The Morgan fingerprint density at radius 1 is 1.33 bits per heavy atom. The number of ether oxygens (including phenoxy) is 1. The zero-order chi connectivity index (χ0) is 13.0. The molecule has 1 aromatic carbocycles. The number of nitrogens with zero attached hydrogens (tertiary/aromatic N) is 1.